The Morgan fingerprint density at radius 3 is 2.00 bits per heavy atom. The molecule has 0 saturated heterocycles. The van der Waals surface area contributed by atoms with Crippen LogP contribution in [0.1, 0.15) is 63.6 Å². The Balaban J connectivity index is 1.41. The van der Waals surface area contributed by atoms with Crippen molar-refractivity contribution in [2.75, 3.05) is 13.2 Å². The van der Waals surface area contributed by atoms with Crippen molar-refractivity contribution in [3.63, 3.8) is 0 Å². The van der Waals surface area contributed by atoms with Gasteiger partial charge >= 0.3 is 11.9 Å². The molecule has 0 fully saturated rings. The van der Waals surface area contributed by atoms with E-state index in [1.165, 1.54) is 0 Å². The molecule has 5 heterocycles. The van der Waals surface area contributed by atoms with Crippen LogP contribution < -0.4 is 0 Å². The third-order valence-electron chi connectivity index (χ3n) is 5.84. The number of aromatic amines is 1. The minimum absolute atomic E-state index is 0.147. The molecule has 0 atom stereocenters. The van der Waals surface area contributed by atoms with E-state index >= 15 is 0 Å². The summed E-state index contributed by atoms with van der Waals surface area (Å²) in [6, 6.07) is 14.3. The zero-order valence-electron chi connectivity index (χ0n) is 22.5. The summed E-state index contributed by atoms with van der Waals surface area (Å²) < 4.78 is 28.8. The van der Waals surface area contributed by atoms with Gasteiger partial charge in [0.2, 0.25) is 11.5 Å². The number of carbonyl (C=O) groups excluding carboxylic acids is 2. The Bertz CT molecular complexity index is 1770. The number of aromatic nitrogens is 1. The molecular formula is C31H24I2N2O7. The van der Waals surface area contributed by atoms with Crippen molar-refractivity contribution in [1.29, 1.82) is 0 Å². The lowest BCUT2D eigenvalue weighted by atomic mass is 10.1. The Kier molecular flexibility index (Phi) is 9.47. The van der Waals surface area contributed by atoms with Gasteiger partial charge in [-0.05, 0) is 138 Å². The molecular weight excluding hydrogens is 766 g/mol. The van der Waals surface area contributed by atoms with Crippen molar-refractivity contribution in [1.82, 2.24) is 4.98 Å². The first-order valence-corrected chi connectivity index (χ1v) is 15.1. The summed E-state index contributed by atoms with van der Waals surface area (Å²) in [5, 5.41) is 0. The molecule has 0 spiro atoms. The number of H-pyrrole nitrogens is 1. The second-order valence-electron chi connectivity index (χ2n) is 8.69. The summed E-state index contributed by atoms with van der Waals surface area (Å²) >= 11 is 4.37. The van der Waals surface area contributed by atoms with E-state index < -0.39 is 11.9 Å². The minimum atomic E-state index is -0.501. The predicted molar refractivity (Wildman–Crippen MR) is 175 cm³/mol. The number of halogens is 2. The zero-order chi connectivity index (χ0) is 29.6. The van der Waals surface area contributed by atoms with Gasteiger partial charge in [-0.2, -0.15) is 0 Å². The molecule has 0 unspecified atom stereocenters. The highest BCUT2D eigenvalue weighted by Crippen LogP contribution is 2.34. The van der Waals surface area contributed by atoms with Gasteiger partial charge in [-0.25, -0.2) is 14.6 Å². The van der Waals surface area contributed by atoms with Gasteiger partial charge in [0.05, 0.1) is 35.9 Å². The number of aliphatic imine (C=N–C) groups is 1. The van der Waals surface area contributed by atoms with E-state index in [0.29, 0.717) is 17.3 Å². The van der Waals surface area contributed by atoms with Gasteiger partial charge < -0.3 is 27.7 Å². The van der Waals surface area contributed by atoms with Crippen LogP contribution in [-0.4, -0.2) is 35.8 Å². The van der Waals surface area contributed by atoms with Crippen LogP contribution in [0.4, 0.5) is 0 Å². The van der Waals surface area contributed by atoms with Gasteiger partial charge in [0.15, 0.2) is 3.77 Å². The van der Waals surface area contributed by atoms with Crippen LogP contribution in [0.2, 0.25) is 0 Å². The van der Waals surface area contributed by atoms with Gasteiger partial charge in [-0.1, -0.05) is 0 Å². The smallest absolute Gasteiger partial charge is 0.374 e. The van der Waals surface area contributed by atoms with Gasteiger partial charge in [0.1, 0.15) is 17.3 Å². The summed E-state index contributed by atoms with van der Waals surface area (Å²) in [6.07, 6.45) is 9.19. The van der Waals surface area contributed by atoms with Gasteiger partial charge in [-0.15, -0.1) is 0 Å². The summed E-state index contributed by atoms with van der Waals surface area (Å²) in [4.78, 5) is 32.1. The number of ether oxygens (including phenoxy) is 2. The molecule has 214 valence electrons. The number of furan rings is 3. The number of nitrogens with one attached hydrogen (secondary N) is 1. The molecule has 42 heavy (non-hydrogen) atoms. The van der Waals surface area contributed by atoms with E-state index in [4.69, 9.17) is 27.7 Å². The maximum atomic E-state index is 11.9. The first kappa shape index (κ1) is 29.6. The summed E-state index contributed by atoms with van der Waals surface area (Å²) in [6.45, 7) is 4.04. The van der Waals surface area contributed by atoms with Crippen LogP contribution in [0.25, 0.3) is 23.8 Å². The lowest BCUT2D eigenvalue weighted by Gasteiger charge is -2.04. The van der Waals surface area contributed by atoms with Crippen LogP contribution in [0.3, 0.4) is 0 Å². The predicted octanol–water partition coefficient (Wildman–Crippen LogP) is 8.17. The fraction of sp³-hybridized carbons (Fsp3) is 0.129. The Labute approximate surface area is 268 Å². The van der Waals surface area contributed by atoms with Crippen molar-refractivity contribution in [2.45, 2.75) is 13.8 Å². The molecule has 1 aliphatic heterocycles. The van der Waals surface area contributed by atoms with Crippen LogP contribution in [0.5, 0.6) is 0 Å². The Morgan fingerprint density at radius 1 is 0.786 bits per heavy atom. The number of allylic oxidation sites excluding steroid dienone is 3. The Morgan fingerprint density at radius 2 is 1.40 bits per heavy atom. The fourth-order valence-electron chi connectivity index (χ4n) is 4.00. The van der Waals surface area contributed by atoms with Crippen molar-refractivity contribution in [2.24, 2.45) is 4.99 Å². The maximum Gasteiger partial charge on any atom is 0.374 e. The average molecular weight is 790 g/mol. The van der Waals surface area contributed by atoms with Gasteiger partial charge in [-0.3, -0.25) is 0 Å². The normalized spacial score (nSPS) is 14.5. The summed E-state index contributed by atoms with van der Waals surface area (Å²) in [7, 11) is 0. The van der Waals surface area contributed by atoms with Gasteiger partial charge in [0.25, 0.3) is 0 Å². The molecule has 1 aliphatic rings. The highest BCUT2D eigenvalue weighted by atomic mass is 127. The number of nitrogens with zero attached hydrogens (tertiary/aromatic N) is 1. The third-order valence-corrected chi connectivity index (χ3v) is 7.29. The first-order chi connectivity index (χ1) is 20.3. The monoisotopic (exact) mass is 790 g/mol. The van der Waals surface area contributed by atoms with Crippen LogP contribution in [-0.2, 0) is 9.47 Å². The molecule has 4 aromatic heterocycles. The average Bonchev–Trinajstić information content (AvgIpc) is 3.79. The first-order valence-electron chi connectivity index (χ1n) is 12.9. The van der Waals surface area contributed by atoms with E-state index in [1.807, 2.05) is 42.5 Å². The number of hydrogen-bond donors (Lipinski definition) is 1. The molecule has 11 heteroatoms. The van der Waals surface area contributed by atoms with E-state index in [2.05, 4.69) is 50.2 Å². The van der Waals surface area contributed by atoms with Crippen molar-refractivity contribution < 1.29 is 32.3 Å². The van der Waals surface area contributed by atoms with Crippen molar-refractivity contribution >= 4 is 86.6 Å². The number of esters is 2. The fourth-order valence-corrected chi connectivity index (χ4v) is 5.01. The standard InChI is InChI=1S/C31H24I2N2O7/c1-3-38-30(36)26-13-9-19(40-26)7-5-18-6-11-23(34-18)29(25-15-16-28(33)42-25)24-17-21(32)22(35-24)12-8-20-10-14-27(41-20)31(37)39-4-2/h5-17,34H,3-4H2,1-2H3/b7-5+,12-8+,29-24+. The van der Waals surface area contributed by atoms with E-state index in [0.717, 1.165) is 35.7 Å². The van der Waals surface area contributed by atoms with Crippen molar-refractivity contribution in [3.05, 3.63) is 114 Å². The van der Waals surface area contributed by atoms with E-state index in [1.54, 1.807) is 50.3 Å². The lowest BCUT2D eigenvalue weighted by molar-refractivity contribution is 0.0481. The molecule has 4 aromatic rings. The number of carbonyl (C=O) groups is 2. The van der Waals surface area contributed by atoms with E-state index in [-0.39, 0.29) is 24.7 Å². The largest absolute Gasteiger partial charge is 0.460 e. The molecule has 0 bridgehead atoms. The maximum absolute atomic E-state index is 11.9. The summed E-state index contributed by atoms with van der Waals surface area (Å²) in [5.74, 6) is 0.996. The molecule has 1 N–H and O–H groups in total. The van der Waals surface area contributed by atoms with Gasteiger partial charge in [0, 0.05) is 9.27 Å². The van der Waals surface area contributed by atoms with E-state index in [9.17, 15) is 9.59 Å². The molecule has 0 radical (unpaired) electrons. The number of rotatable bonds is 10. The topological polar surface area (TPSA) is 120 Å². The quantitative estimate of drug-likeness (QED) is 0.127. The molecule has 0 saturated carbocycles. The molecule has 5 rings (SSSR count). The molecule has 9 nitrogen and oxygen atoms in total. The minimum Gasteiger partial charge on any atom is -0.460 e. The van der Waals surface area contributed by atoms with Crippen molar-refractivity contribution in [3.8, 4) is 0 Å². The molecule has 0 aliphatic carbocycles. The highest BCUT2D eigenvalue weighted by molar-refractivity contribution is 14.1. The summed E-state index contributed by atoms with van der Waals surface area (Å²) in [5.41, 5.74) is 3.87. The molecule has 0 aromatic carbocycles. The Hall–Kier alpha value is -3.85. The van der Waals surface area contributed by atoms with Crippen LogP contribution >= 0.6 is 45.2 Å². The highest BCUT2D eigenvalue weighted by Gasteiger charge is 2.21. The third kappa shape index (κ3) is 6.95. The second kappa shape index (κ2) is 13.4. The number of hydrogen-bond acceptors (Lipinski definition) is 8. The molecule has 0 amide bonds. The lowest BCUT2D eigenvalue weighted by Crippen LogP contribution is -2.02. The van der Waals surface area contributed by atoms with Crippen LogP contribution in [0.15, 0.2) is 88.2 Å². The second-order valence-corrected chi connectivity index (χ2v) is 10.9. The SMILES string of the molecule is CCOC(=O)c1ccc(/C=C/C2=NC(=C(\c3ccc(/C=C/c4ccc(C(=O)OCC)o4)[nH]3)c3ccc(I)o3)/C=C2I)o1. The zero-order valence-corrected chi connectivity index (χ0v) is 26.8. The van der Waals surface area contributed by atoms with Crippen LogP contribution in [0, 0.1) is 3.77 Å².